The van der Waals surface area contributed by atoms with E-state index in [0.717, 1.165) is 17.3 Å². The van der Waals surface area contributed by atoms with Crippen LogP contribution in [0.15, 0.2) is 35.4 Å². The van der Waals surface area contributed by atoms with Gasteiger partial charge in [-0.15, -0.1) is 0 Å². The summed E-state index contributed by atoms with van der Waals surface area (Å²) in [7, 11) is -1.36. The van der Waals surface area contributed by atoms with Crippen molar-refractivity contribution in [2.75, 3.05) is 18.6 Å². The summed E-state index contributed by atoms with van der Waals surface area (Å²) >= 11 is 0. The molecule has 0 unspecified atom stereocenters. The van der Waals surface area contributed by atoms with Crippen molar-refractivity contribution in [2.45, 2.75) is 11.8 Å². The molecule has 0 fully saturated rings. The normalized spacial score (nSPS) is 11.5. The van der Waals surface area contributed by atoms with Crippen LogP contribution in [0.4, 0.5) is 5.95 Å². The van der Waals surface area contributed by atoms with Crippen LogP contribution in [0.2, 0.25) is 0 Å². The number of aromatic nitrogens is 2. The fourth-order valence-corrected chi connectivity index (χ4v) is 2.36. The Labute approximate surface area is 106 Å². The average Bonchev–Trinajstić information content (AvgIpc) is 2.69. The van der Waals surface area contributed by atoms with Gasteiger partial charge in [0.05, 0.1) is 10.6 Å². The highest BCUT2D eigenvalue weighted by molar-refractivity contribution is 7.90. The van der Waals surface area contributed by atoms with Gasteiger partial charge in [0, 0.05) is 25.2 Å². The smallest absolute Gasteiger partial charge is 0.207 e. The minimum absolute atomic E-state index is 0.314. The molecule has 0 radical (unpaired) electrons. The van der Waals surface area contributed by atoms with Crippen molar-refractivity contribution in [3.63, 3.8) is 0 Å². The van der Waals surface area contributed by atoms with Crippen molar-refractivity contribution in [3.8, 4) is 5.69 Å². The van der Waals surface area contributed by atoms with Gasteiger partial charge in [-0.1, -0.05) is 0 Å². The SMILES string of the molecule is CNc1nc(C)cn1-c1ccc(S(C)(=O)=O)cc1. The van der Waals surface area contributed by atoms with E-state index in [4.69, 9.17) is 0 Å². The Morgan fingerprint density at radius 2 is 1.83 bits per heavy atom. The average molecular weight is 265 g/mol. The van der Waals surface area contributed by atoms with Crippen molar-refractivity contribution in [1.29, 1.82) is 0 Å². The summed E-state index contributed by atoms with van der Waals surface area (Å²) in [5, 5.41) is 2.99. The zero-order chi connectivity index (χ0) is 13.3. The first-order valence-electron chi connectivity index (χ1n) is 5.46. The molecule has 0 aliphatic rings. The van der Waals surface area contributed by atoms with Crippen molar-refractivity contribution in [2.24, 2.45) is 0 Å². The molecule has 6 heteroatoms. The molecule has 96 valence electrons. The predicted molar refractivity (Wildman–Crippen MR) is 71.0 cm³/mol. The third kappa shape index (κ3) is 2.38. The molecule has 2 rings (SSSR count). The zero-order valence-corrected chi connectivity index (χ0v) is 11.3. The summed E-state index contributed by atoms with van der Waals surface area (Å²) < 4.78 is 24.6. The molecule has 0 bridgehead atoms. The van der Waals surface area contributed by atoms with Crippen molar-refractivity contribution in [3.05, 3.63) is 36.2 Å². The summed E-state index contributed by atoms with van der Waals surface area (Å²) in [5.74, 6) is 0.722. The molecule has 1 N–H and O–H groups in total. The predicted octanol–water partition coefficient (Wildman–Crippen LogP) is 1.63. The molecule has 0 saturated heterocycles. The second kappa shape index (κ2) is 4.45. The van der Waals surface area contributed by atoms with E-state index in [0.29, 0.717) is 4.90 Å². The van der Waals surface area contributed by atoms with Crippen LogP contribution in [-0.2, 0) is 9.84 Å². The number of hydrogen-bond donors (Lipinski definition) is 1. The van der Waals surface area contributed by atoms with Gasteiger partial charge in [-0.3, -0.25) is 4.57 Å². The van der Waals surface area contributed by atoms with Gasteiger partial charge in [0.15, 0.2) is 9.84 Å². The van der Waals surface area contributed by atoms with Crippen molar-refractivity contribution >= 4 is 15.8 Å². The Bertz CT molecular complexity index is 657. The lowest BCUT2D eigenvalue weighted by molar-refractivity contribution is 0.602. The molecule has 0 spiro atoms. The quantitative estimate of drug-likeness (QED) is 0.916. The van der Waals surface area contributed by atoms with E-state index < -0.39 is 9.84 Å². The molecule has 0 atom stereocenters. The second-order valence-corrected chi connectivity index (χ2v) is 6.11. The molecule has 5 nitrogen and oxygen atoms in total. The van der Waals surface area contributed by atoms with Gasteiger partial charge < -0.3 is 5.32 Å². The van der Waals surface area contributed by atoms with E-state index in [1.54, 1.807) is 31.3 Å². The molecule has 1 aromatic carbocycles. The minimum atomic E-state index is -3.15. The number of benzene rings is 1. The molecule has 2 aromatic rings. The summed E-state index contributed by atoms with van der Waals surface area (Å²) in [6, 6.07) is 6.72. The zero-order valence-electron chi connectivity index (χ0n) is 10.5. The highest BCUT2D eigenvalue weighted by Crippen LogP contribution is 2.18. The minimum Gasteiger partial charge on any atom is -0.358 e. The molecule has 0 aliphatic heterocycles. The van der Waals surface area contributed by atoms with Gasteiger partial charge in [-0.05, 0) is 31.2 Å². The standard InChI is InChI=1S/C12H15N3O2S/c1-9-8-15(12(13-2)14-9)10-4-6-11(7-5-10)18(3,16)17/h4-8H,1-3H3,(H,13,14). The number of rotatable bonds is 3. The van der Waals surface area contributed by atoms with E-state index in [-0.39, 0.29) is 0 Å². The first-order chi connectivity index (χ1) is 8.41. The largest absolute Gasteiger partial charge is 0.358 e. The maximum absolute atomic E-state index is 11.4. The monoisotopic (exact) mass is 265 g/mol. The number of hydrogen-bond acceptors (Lipinski definition) is 4. The number of sulfone groups is 1. The van der Waals surface area contributed by atoms with Crippen LogP contribution in [-0.4, -0.2) is 31.3 Å². The Balaban J connectivity index is 2.46. The maximum atomic E-state index is 11.4. The molecular formula is C12H15N3O2S. The summed E-state index contributed by atoms with van der Waals surface area (Å²) in [4.78, 5) is 4.62. The van der Waals surface area contributed by atoms with Gasteiger partial charge in [0.25, 0.3) is 0 Å². The lowest BCUT2D eigenvalue weighted by Gasteiger charge is -2.07. The number of anilines is 1. The van der Waals surface area contributed by atoms with Gasteiger partial charge in [0.1, 0.15) is 0 Å². The number of aryl methyl sites for hydroxylation is 1. The molecular weight excluding hydrogens is 250 g/mol. The van der Waals surface area contributed by atoms with E-state index in [9.17, 15) is 8.42 Å². The highest BCUT2D eigenvalue weighted by atomic mass is 32.2. The Kier molecular flexibility index (Phi) is 3.13. The highest BCUT2D eigenvalue weighted by Gasteiger charge is 2.09. The molecule has 1 aromatic heterocycles. The summed E-state index contributed by atoms with van der Waals surface area (Å²) in [5.41, 5.74) is 1.76. The fraction of sp³-hybridized carbons (Fsp3) is 0.250. The molecule has 0 amide bonds. The first kappa shape index (κ1) is 12.6. The van der Waals surface area contributed by atoms with Crippen molar-refractivity contribution < 1.29 is 8.42 Å². The van der Waals surface area contributed by atoms with Gasteiger partial charge in [-0.25, -0.2) is 13.4 Å². The van der Waals surface area contributed by atoms with E-state index >= 15 is 0 Å². The summed E-state index contributed by atoms with van der Waals surface area (Å²) in [6.45, 7) is 1.90. The number of nitrogens with zero attached hydrogens (tertiary/aromatic N) is 2. The topological polar surface area (TPSA) is 64.0 Å². The number of nitrogens with one attached hydrogen (secondary N) is 1. The van der Waals surface area contributed by atoms with Gasteiger partial charge in [0.2, 0.25) is 5.95 Å². The van der Waals surface area contributed by atoms with E-state index in [2.05, 4.69) is 10.3 Å². The maximum Gasteiger partial charge on any atom is 0.207 e. The van der Waals surface area contributed by atoms with E-state index in [1.165, 1.54) is 6.26 Å². The molecule has 1 heterocycles. The van der Waals surface area contributed by atoms with Crippen LogP contribution in [0.25, 0.3) is 5.69 Å². The Morgan fingerprint density at radius 1 is 1.22 bits per heavy atom. The Hall–Kier alpha value is -1.82. The van der Waals surface area contributed by atoms with Crippen LogP contribution < -0.4 is 5.32 Å². The molecule has 18 heavy (non-hydrogen) atoms. The molecule has 0 saturated carbocycles. The molecule has 0 aliphatic carbocycles. The van der Waals surface area contributed by atoms with Gasteiger partial charge in [-0.2, -0.15) is 0 Å². The Morgan fingerprint density at radius 3 is 2.33 bits per heavy atom. The van der Waals surface area contributed by atoms with Crippen LogP contribution in [0.5, 0.6) is 0 Å². The third-order valence-electron chi connectivity index (χ3n) is 2.59. The lowest BCUT2D eigenvalue weighted by Crippen LogP contribution is -2.01. The number of imidazole rings is 1. The van der Waals surface area contributed by atoms with Crippen LogP contribution in [0.1, 0.15) is 5.69 Å². The lowest BCUT2D eigenvalue weighted by atomic mass is 10.3. The fourth-order valence-electron chi connectivity index (χ4n) is 1.72. The van der Waals surface area contributed by atoms with Crippen molar-refractivity contribution in [1.82, 2.24) is 9.55 Å². The first-order valence-corrected chi connectivity index (χ1v) is 7.35. The van der Waals surface area contributed by atoms with E-state index in [1.807, 2.05) is 17.7 Å². The van der Waals surface area contributed by atoms with Crippen LogP contribution in [0, 0.1) is 6.92 Å². The van der Waals surface area contributed by atoms with Crippen LogP contribution in [0.3, 0.4) is 0 Å². The van der Waals surface area contributed by atoms with Crippen LogP contribution >= 0.6 is 0 Å². The van der Waals surface area contributed by atoms with Gasteiger partial charge >= 0.3 is 0 Å². The third-order valence-corrected chi connectivity index (χ3v) is 3.72. The summed E-state index contributed by atoms with van der Waals surface area (Å²) in [6.07, 6.45) is 3.09. The second-order valence-electron chi connectivity index (χ2n) is 4.09.